The maximum atomic E-state index is 13.2. The Hall–Kier alpha value is -3.15. The summed E-state index contributed by atoms with van der Waals surface area (Å²) in [6.45, 7) is 6.24. The lowest BCUT2D eigenvalue weighted by Crippen LogP contribution is -2.40. The van der Waals surface area contributed by atoms with E-state index in [1.807, 2.05) is 0 Å². The highest BCUT2D eigenvalue weighted by Crippen LogP contribution is 2.52. The molecule has 31 heavy (non-hydrogen) atoms. The highest BCUT2D eigenvalue weighted by molar-refractivity contribution is 6.07. The van der Waals surface area contributed by atoms with Gasteiger partial charge in [-0.05, 0) is 71.9 Å². The summed E-state index contributed by atoms with van der Waals surface area (Å²) < 4.78 is 0. The zero-order valence-electron chi connectivity index (χ0n) is 18.0. The third kappa shape index (κ3) is 3.04. The lowest BCUT2D eigenvalue weighted by Gasteiger charge is -2.35. The van der Waals surface area contributed by atoms with E-state index in [1.54, 1.807) is 31.2 Å². The molecule has 0 radical (unpaired) electrons. The van der Waals surface area contributed by atoms with E-state index in [0.29, 0.717) is 17.0 Å². The first kappa shape index (κ1) is 19.8. The molecule has 0 spiro atoms. The molecule has 1 fully saturated rings. The van der Waals surface area contributed by atoms with E-state index >= 15 is 0 Å². The Balaban J connectivity index is 1.41. The van der Waals surface area contributed by atoms with Gasteiger partial charge in [-0.2, -0.15) is 0 Å². The van der Waals surface area contributed by atoms with Crippen molar-refractivity contribution in [2.45, 2.75) is 62.9 Å². The van der Waals surface area contributed by atoms with Gasteiger partial charge in [-0.3, -0.25) is 14.9 Å². The molecule has 1 heterocycles. The van der Waals surface area contributed by atoms with Gasteiger partial charge in [0.25, 0.3) is 11.8 Å². The maximum Gasteiger partial charge on any atom is 0.322 e. The summed E-state index contributed by atoms with van der Waals surface area (Å²) in [4.78, 5) is 37.0. The highest BCUT2D eigenvalue weighted by atomic mass is 16.2. The average Bonchev–Trinajstić information content (AvgIpc) is 3.22. The van der Waals surface area contributed by atoms with Gasteiger partial charge in [0.05, 0.1) is 6.04 Å². The number of amides is 4. The number of rotatable bonds is 3. The molecule has 3 atom stereocenters. The first-order valence-electron chi connectivity index (χ1n) is 10.9. The summed E-state index contributed by atoms with van der Waals surface area (Å²) in [5, 5.41) is 8.14. The van der Waals surface area contributed by atoms with Crippen LogP contribution in [0.1, 0.15) is 84.6 Å². The number of nitrogens with one attached hydrogen (secondary N) is 3. The minimum atomic E-state index is -1.18. The minimum Gasteiger partial charge on any atom is -0.345 e. The Labute approximate surface area is 181 Å². The largest absolute Gasteiger partial charge is 0.345 e. The summed E-state index contributed by atoms with van der Waals surface area (Å²) in [5.41, 5.74) is 4.11. The number of hydrogen-bond donors (Lipinski definition) is 3. The molecule has 1 saturated heterocycles. The molecule has 0 bridgehead atoms. The lowest BCUT2D eigenvalue weighted by molar-refractivity contribution is -0.123. The molecule has 0 saturated carbocycles. The average molecular weight is 418 g/mol. The van der Waals surface area contributed by atoms with E-state index in [-0.39, 0.29) is 17.4 Å². The van der Waals surface area contributed by atoms with E-state index in [2.05, 4.69) is 48.0 Å². The molecule has 0 aromatic heterocycles. The normalized spacial score (nSPS) is 28.0. The van der Waals surface area contributed by atoms with Gasteiger partial charge >= 0.3 is 6.03 Å². The van der Waals surface area contributed by atoms with Crippen LogP contribution in [0.2, 0.25) is 0 Å². The molecule has 3 N–H and O–H groups in total. The van der Waals surface area contributed by atoms with Crippen molar-refractivity contribution < 1.29 is 14.4 Å². The molecule has 3 aliphatic rings. The Bertz CT molecular complexity index is 1120. The fourth-order valence-corrected chi connectivity index (χ4v) is 5.49. The Kier molecular flexibility index (Phi) is 4.26. The zero-order chi connectivity index (χ0) is 22.0. The number of urea groups is 1. The van der Waals surface area contributed by atoms with Crippen LogP contribution in [-0.2, 0) is 15.7 Å². The summed E-state index contributed by atoms with van der Waals surface area (Å²) in [6.07, 6.45) is 3.22. The molecule has 6 nitrogen and oxygen atoms in total. The number of carbonyl (C=O) groups excluding carboxylic acids is 3. The molecule has 3 unspecified atom stereocenters. The third-order valence-corrected chi connectivity index (χ3v) is 7.34. The van der Waals surface area contributed by atoms with E-state index in [9.17, 15) is 14.4 Å². The maximum absolute atomic E-state index is 13.2. The Morgan fingerprint density at radius 3 is 2.61 bits per heavy atom. The van der Waals surface area contributed by atoms with Crippen molar-refractivity contribution in [1.82, 2.24) is 16.0 Å². The van der Waals surface area contributed by atoms with Crippen molar-refractivity contribution in [2.75, 3.05) is 0 Å². The smallest absolute Gasteiger partial charge is 0.322 e. The molecular weight excluding hydrogens is 390 g/mol. The zero-order valence-corrected chi connectivity index (χ0v) is 18.0. The van der Waals surface area contributed by atoms with E-state index < -0.39 is 17.5 Å². The molecule has 5 rings (SSSR count). The lowest BCUT2D eigenvalue weighted by atomic mass is 9.69. The first-order chi connectivity index (χ1) is 14.7. The Morgan fingerprint density at radius 1 is 1.10 bits per heavy atom. The number of imide groups is 1. The van der Waals surface area contributed by atoms with E-state index in [0.717, 1.165) is 19.3 Å². The predicted molar refractivity (Wildman–Crippen MR) is 117 cm³/mol. The number of hydrogen-bond acceptors (Lipinski definition) is 3. The summed E-state index contributed by atoms with van der Waals surface area (Å²) in [6, 6.07) is 12.9. The summed E-state index contributed by atoms with van der Waals surface area (Å²) >= 11 is 0. The molecule has 2 aliphatic carbocycles. The molecule has 160 valence electrons. The van der Waals surface area contributed by atoms with Crippen LogP contribution < -0.4 is 16.0 Å². The van der Waals surface area contributed by atoms with Crippen LogP contribution >= 0.6 is 0 Å². The van der Waals surface area contributed by atoms with Gasteiger partial charge in [0.1, 0.15) is 5.54 Å². The molecular formula is C25H27N3O3. The van der Waals surface area contributed by atoms with Crippen molar-refractivity contribution in [1.29, 1.82) is 0 Å². The molecule has 2 aromatic carbocycles. The van der Waals surface area contributed by atoms with Gasteiger partial charge in [0.2, 0.25) is 0 Å². The van der Waals surface area contributed by atoms with Crippen molar-refractivity contribution >= 4 is 17.8 Å². The first-order valence-corrected chi connectivity index (χ1v) is 10.9. The van der Waals surface area contributed by atoms with Crippen LogP contribution in [0, 0.1) is 0 Å². The van der Waals surface area contributed by atoms with Crippen LogP contribution in [0.25, 0.3) is 0 Å². The minimum absolute atomic E-state index is 0.0184. The Morgan fingerprint density at radius 2 is 1.87 bits per heavy atom. The third-order valence-electron chi connectivity index (χ3n) is 7.34. The van der Waals surface area contributed by atoms with E-state index in [1.165, 1.54) is 16.7 Å². The fourth-order valence-electron chi connectivity index (χ4n) is 5.49. The fraction of sp³-hybridized carbons (Fsp3) is 0.400. The van der Waals surface area contributed by atoms with Crippen LogP contribution in [0.3, 0.4) is 0 Å². The van der Waals surface area contributed by atoms with Crippen LogP contribution in [0.15, 0.2) is 42.5 Å². The number of carbonyl (C=O) groups is 3. The molecule has 2 aromatic rings. The van der Waals surface area contributed by atoms with Crippen LogP contribution in [0.5, 0.6) is 0 Å². The second kappa shape index (κ2) is 6.67. The van der Waals surface area contributed by atoms with Gasteiger partial charge in [-0.25, -0.2) is 4.79 Å². The summed E-state index contributed by atoms with van der Waals surface area (Å²) in [7, 11) is 0. The number of benzene rings is 2. The van der Waals surface area contributed by atoms with Crippen LogP contribution in [-0.4, -0.2) is 17.8 Å². The quantitative estimate of drug-likeness (QED) is 0.665. The van der Waals surface area contributed by atoms with Crippen molar-refractivity contribution in [3.8, 4) is 0 Å². The van der Waals surface area contributed by atoms with Gasteiger partial charge in [0.15, 0.2) is 0 Å². The van der Waals surface area contributed by atoms with Crippen LogP contribution in [0.4, 0.5) is 4.79 Å². The second-order valence-electron chi connectivity index (χ2n) is 9.80. The highest BCUT2D eigenvalue weighted by Gasteiger charge is 2.44. The van der Waals surface area contributed by atoms with Crippen molar-refractivity contribution in [3.63, 3.8) is 0 Å². The summed E-state index contributed by atoms with van der Waals surface area (Å²) in [5.74, 6) is -0.0981. The van der Waals surface area contributed by atoms with Crippen molar-refractivity contribution in [3.05, 3.63) is 70.3 Å². The van der Waals surface area contributed by atoms with Gasteiger partial charge < -0.3 is 10.6 Å². The monoisotopic (exact) mass is 417 g/mol. The molecule has 6 heteroatoms. The predicted octanol–water partition coefficient (Wildman–Crippen LogP) is 3.77. The van der Waals surface area contributed by atoms with Crippen molar-refractivity contribution in [2.24, 2.45) is 0 Å². The van der Waals surface area contributed by atoms with E-state index in [4.69, 9.17) is 0 Å². The second-order valence-corrected chi connectivity index (χ2v) is 9.80. The SMILES string of the molecule is CC1(C)CCC2CC(NC(=O)c3cccc(C4(C)NC(=O)NC4=O)c3)c3cccc1c32. The topological polar surface area (TPSA) is 87.3 Å². The van der Waals surface area contributed by atoms with Gasteiger partial charge in [-0.15, -0.1) is 0 Å². The molecule has 4 amide bonds. The van der Waals surface area contributed by atoms with Gasteiger partial charge in [0, 0.05) is 5.56 Å². The van der Waals surface area contributed by atoms with Gasteiger partial charge in [-0.1, -0.05) is 44.2 Å². The molecule has 1 aliphatic heterocycles. The standard InChI is InChI=1S/C25H27N3O3/c1-24(2)11-10-14-13-19(17-8-5-9-18(24)20(14)17)26-21(29)15-6-4-7-16(12-15)25(3)22(30)27-23(31)28-25/h4-9,12,14,19H,10-11,13H2,1-3H3,(H,26,29)(H2,27,28,30,31).